The number of methoxy groups -OCH3 is 1. The molecule has 0 heterocycles. The highest BCUT2D eigenvalue weighted by molar-refractivity contribution is 9.10. The maximum Gasteiger partial charge on any atom is 0.287 e. The van der Waals surface area contributed by atoms with Gasteiger partial charge in [-0.3, -0.25) is 10.2 Å². The monoisotopic (exact) mass is 483 g/mol. The van der Waals surface area contributed by atoms with Crippen LogP contribution in [-0.2, 0) is 4.79 Å². The summed E-state index contributed by atoms with van der Waals surface area (Å²) in [5, 5.41) is 10.7. The third-order valence-electron chi connectivity index (χ3n) is 3.53. The van der Waals surface area contributed by atoms with Gasteiger partial charge in [-0.2, -0.15) is 5.26 Å². The number of hydrogen-bond donors (Lipinski definition) is 1. The van der Waals surface area contributed by atoms with Gasteiger partial charge in [-0.05, 0) is 47.1 Å². The first-order chi connectivity index (χ1) is 13.3. The Kier molecular flexibility index (Phi) is 7.58. The maximum absolute atomic E-state index is 12.7. The molecule has 0 aliphatic carbocycles. The first kappa shape index (κ1) is 21.9. The number of amides is 1. The smallest absolute Gasteiger partial charge is 0.287 e. The lowest BCUT2D eigenvalue weighted by Gasteiger charge is -2.26. The normalized spacial score (nSPS) is 10.0. The van der Waals surface area contributed by atoms with Crippen molar-refractivity contribution in [2.24, 2.45) is 0 Å². The number of hydrogen-bond acceptors (Lipinski definition) is 5. The minimum Gasteiger partial charge on any atom is -0.495 e. The number of hydrazine groups is 1. The second kappa shape index (κ2) is 9.69. The number of nitrogens with zero attached hydrogens (tertiary/aromatic N) is 2. The van der Waals surface area contributed by atoms with Crippen LogP contribution in [-0.4, -0.2) is 19.6 Å². The summed E-state index contributed by atoms with van der Waals surface area (Å²) in [7, 11) is 1.44. The number of rotatable bonds is 7. The molecule has 146 valence electrons. The third kappa shape index (κ3) is 4.90. The summed E-state index contributed by atoms with van der Waals surface area (Å²) in [5.41, 5.74) is 3.45. The highest BCUT2D eigenvalue weighted by atomic mass is 79.9. The molecule has 0 aromatic heterocycles. The van der Waals surface area contributed by atoms with Crippen molar-refractivity contribution >= 4 is 56.4 Å². The van der Waals surface area contributed by atoms with Gasteiger partial charge in [-0.1, -0.05) is 29.8 Å². The van der Waals surface area contributed by atoms with Crippen molar-refractivity contribution in [1.29, 1.82) is 5.26 Å². The second-order valence-electron chi connectivity index (χ2n) is 5.36. The molecule has 0 unspecified atom stereocenters. The Morgan fingerprint density at radius 1 is 1.29 bits per heavy atom. The topological polar surface area (TPSA) is 74.6 Å². The Labute approximate surface area is 181 Å². The molecule has 28 heavy (non-hydrogen) atoms. The highest BCUT2D eigenvalue weighted by Gasteiger charge is 2.23. The molecule has 9 heteroatoms. The van der Waals surface area contributed by atoms with Crippen molar-refractivity contribution in [2.45, 2.75) is 6.92 Å². The van der Waals surface area contributed by atoms with E-state index in [0.29, 0.717) is 28.3 Å². The molecule has 0 saturated carbocycles. The van der Waals surface area contributed by atoms with Crippen LogP contribution in [0.1, 0.15) is 6.92 Å². The summed E-state index contributed by atoms with van der Waals surface area (Å²) in [5.74, 6) is 0.286. The molecular formula is C19H16BrCl2N3O3. The number of carbonyl (C=O) groups is 1. The van der Waals surface area contributed by atoms with Crippen LogP contribution in [0.25, 0.3) is 0 Å². The molecule has 0 atom stereocenters. The SMILES string of the molecule is C=C(C#N)C(=O)N(Nc1ccc(OCC)c(Br)c1)c1cc(OC)c(Cl)cc1Cl. The summed E-state index contributed by atoms with van der Waals surface area (Å²) in [4.78, 5) is 12.7. The minimum absolute atomic E-state index is 0.183. The molecule has 0 radical (unpaired) electrons. The molecule has 0 aliphatic rings. The van der Waals surface area contributed by atoms with E-state index in [1.165, 1.54) is 19.2 Å². The summed E-state index contributed by atoms with van der Waals surface area (Å²) >= 11 is 15.8. The molecule has 2 aromatic rings. The van der Waals surface area contributed by atoms with Crippen molar-refractivity contribution in [1.82, 2.24) is 0 Å². The summed E-state index contributed by atoms with van der Waals surface area (Å²) < 4.78 is 11.4. The Hall–Kier alpha value is -2.40. The zero-order valence-electron chi connectivity index (χ0n) is 15.1. The quantitative estimate of drug-likeness (QED) is 0.314. The van der Waals surface area contributed by atoms with Gasteiger partial charge >= 0.3 is 0 Å². The molecule has 2 rings (SSSR count). The largest absolute Gasteiger partial charge is 0.495 e. The Morgan fingerprint density at radius 2 is 2.00 bits per heavy atom. The van der Waals surface area contributed by atoms with Crippen LogP contribution in [0.4, 0.5) is 11.4 Å². The number of anilines is 2. The van der Waals surface area contributed by atoms with Crippen LogP contribution in [0, 0.1) is 11.3 Å². The average Bonchev–Trinajstić information content (AvgIpc) is 2.67. The lowest BCUT2D eigenvalue weighted by atomic mass is 10.2. The number of ether oxygens (including phenoxy) is 2. The number of nitrogens with one attached hydrogen (secondary N) is 1. The minimum atomic E-state index is -0.682. The van der Waals surface area contributed by atoms with Crippen molar-refractivity contribution in [3.05, 3.63) is 57.0 Å². The van der Waals surface area contributed by atoms with Crippen molar-refractivity contribution < 1.29 is 14.3 Å². The Bertz CT molecular complexity index is 960. The molecule has 0 saturated heterocycles. The number of benzene rings is 2. The van der Waals surface area contributed by atoms with E-state index in [1.807, 2.05) is 6.92 Å². The average molecular weight is 485 g/mol. The van der Waals surface area contributed by atoms with Crippen LogP contribution >= 0.6 is 39.1 Å². The first-order valence-corrected chi connectivity index (χ1v) is 9.52. The van der Waals surface area contributed by atoms with E-state index in [4.69, 9.17) is 37.9 Å². The van der Waals surface area contributed by atoms with Crippen LogP contribution in [0.5, 0.6) is 11.5 Å². The van der Waals surface area contributed by atoms with E-state index in [1.54, 1.807) is 24.3 Å². The van der Waals surface area contributed by atoms with Gasteiger partial charge in [0.1, 0.15) is 23.1 Å². The van der Waals surface area contributed by atoms with Crippen molar-refractivity contribution in [3.8, 4) is 17.6 Å². The fourth-order valence-electron chi connectivity index (χ4n) is 2.22. The summed E-state index contributed by atoms with van der Waals surface area (Å²) in [6.07, 6.45) is 0. The lowest BCUT2D eigenvalue weighted by molar-refractivity contribution is -0.114. The van der Waals surface area contributed by atoms with Gasteiger partial charge in [0.2, 0.25) is 0 Å². The van der Waals surface area contributed by atoms with Gasteiger partial charge < -0.3 is 9.47 Å². The van der Waals surface area contributed by atoms with Gasteiger partial charge in [0.25, 0.3) is 5.91 Å². The van der Waals surface area contributed by atoms with E-state index < -0.39 is 5.91 Å². The summed E-state index contributed by atoms with van der Waals surface area (Å²) in [6.45, 7) is 5.87. The number of halogens is 3. The van der Waals surface area contributed by atoms with Crippen molar-refractivity contribution in [2.75, 3.05) is 24.2 Å². The van der Waals surface area contributed by atoms with Crippen LogP contribution in [0.2, 0.25) is 10.0 Å². The predicted molar refractivity (Wildman–Crippen MR) is 114 cm³/mol. The molecule has 0 spiro atoms. The van der Waals surface area contributed by atoms with E-state index in [9.17, 15) is 4.79 Å². The zero-order chi connectivity index (χ0) is 20.8. The fraction of sp³-hybridized carbons (Fsp3) is 0.158. The van der Waals surface area contributed by atoms with Gasteiger partial charge in [0, 0.05) is 6.07 Å². The zero-order valence-corrected chi connectivity index (χ0v) is 18.2. The summed E-state index contributed by atoms with van der Waals surface area (Å²) in [6, 6.07) is 9.85. The maximum atomic E-state index is 12.7. The Balaban J connectivity index is 2.50. The molecule has 1 N–H and O–H groups in total. The molecule has 0 aliphatic heterocycles. The molecule has 6 nitrogen and oxygen atoms in total. The molecular weight excluding hydrogens is 469 g/mol. The first-order valence-electron chi connectivity index (χ1n) is 7.97. The van der Waals surface area contributed by atoms with E-state index in [-0.39, 0.29) is 21.3 Å². The van der Waals surface area contributed by atoms with Crippen LogP contribution < -0.4 is 19.9 Å². The van der Waals surface area contributed by atoms with E-state index >= 15 is 0 Å². The number of nitriles is 1. The van der Waals surface area contributed by atoms with E-state index in [2.05, 4.69) is 27.9 Å². The van der Waals surface area contributed by atoms with E-state index in [0.717, 1.165) is 5.01 Å². The standard InChI is InChI=1S/C19H16BrCl2N3O3/c1-4-28-17-6-5-12(7-13(17)20)24-25(19(26)11(2)10-23)16-9-18(27-3)15(22)8-14(16)21/h5-9,24H,2,4H2,1,3H3. The Morgan fingerprint density at radius 3 is 2.57 bits per heavy atom. The van der Waals surface area contributed by atoms with Gasteiger partial charge in [0.05, 0.1) is 39.6 Å². The predicted octanol–water partition coefficient (Wildman–Crippen LogP) is 5.60. The van der Waals surface area contributed by atoms with Crippen molar-refractivity contribution in [3.63, 3.8) is 0 Å². The van der Waals surface area contributed by atoms with Gasteiger partial charge in [0.15, 0.2) is 0 Å². The molecule has 1 amide bonds. The molecule has 0 bridgehead atoms. The van der Waals surface area contributed by atoms with Crippen LogP contribution in [0.3, 0.4) is 0 Å². The third-order valence-corrected chi connectivity index (χ3v) is 4.75. The van der Waals surface area contributed by atoms with Crippen LogP contribution in [0.15, 0.2) is 47.0 Å². The fourth-order valence-corrected chi connectivity index (χ4v) is 3.26. The van der Waals surface area contributed by atoms with Gasteiger partial charge in [-0.25, -0.2) is 5.01 Å². The van der Waals surface area contributed by atoms with Gasteiger partial charge in [-0.15, -0.1) is 0 Å². The molecule has 0 fully saturated rings. The molecule has 2 aromatic carbocycles. The lowest BCUT2D eigenvalue weighted by Crippen LogP contribution is -2.37. The highest BCUT2D eigenvalue weighted by Crippen LogP contribution is 2.37. The number of carbonyl (C=O) groups excluding carboxylic acids is 1. The second-order valence-corrected chi connectivity index (χ2v) is 7.03.